The Kier molecular flexibility index (Phi) is 5.57. The van der Waals surface area contributed by atoms with Crippen LogP contribution >= 0.6 is 0 Å². The third-order valence-corrected chi connectivity index (χ3v) is 5.98. The molecule has 2 heterocycles. The lowest BCUT2D eigenvalue weighted by atomic mass is 9.99. The average molecular weight is 404 g/mol. The molecular weight excluding hydrogens is 374 g/mol. The highest BCUT2D eigenvalue weighted by Gasteiger charge is 2.24. The molecule has 0 spiro atoms. The standard InChI is InChI=1S/C24H29N5O/c1-5-28(4)23-12-18(7-6-16(23)2)21-13-20(14-22-24(21)26-10-9-25-22)27-19-8-11-29(15-19)17(3)30/h6-7,9-10,12-14,19,27H,5,8,11,15H2,1-4H3/t19-/m0/s1. The summed E-state index contributed by atoms with van der Waals surface area (Å²) in [5.41, 5.74) is 7.44. The third kappa shape index (κ3) is 3.95. The Hall–Kier alpha value is -3.15. The summed E-state index contributed by atoms with van der Waals surface area (Å²) in [7, 11) is 2.11. The summed E-state index contributed by atoms with van der Waals surface area (Å²) in [4.78, 5) is 25.0. The van der Waals surface area contributed by atoms with Gasteiger partial charge in [0.15, 0.2) is 0 Å². The zero-order chi connectivity index (χ0) is 21.3. The summed E-state index contributed by atoms with van der Waals surface area (Å²) in [6, 6.07) is 11.0. The largest absolute Gasteiger partial charge is 0.380 e. The van der Waals surface area contributed by atoms with Crippen molar-refractivity contribution in [3.63, 3.8) is 0 Å². The van der Waals surface area contributed by atoms with E-state index in [1.165, 1.54) is 11.3 Å². The van der Waals surface area contributed by atoms with Gasteiger partial charge in [0.05, 0.1) is 11.0 Å². The first kappa shape index (κ1) is 20.1. The van der Waals surface area contributed by atoms with Crippen LogP contribution in [0.4, 0.5) is 11.4 Å². The Balaban J connectivity index is 1.74. The van der Waals surface area contributed by atoms with Crippen molar-refractivity contribution in [2.75, 3.05) is 36.9 Å². The molecule has 4 rings (SSSR count). The van der Waals surface area contributed by atoms with E-state index in [0.29, 0.717) is 0 Å². The van der Waals surface area contributed by atoms with Gasteiger partial charge in [0.2, 0.25) is 5.91 Å². The van der Waals surface area contributed by atoms with Crippen LogP contribution in [0.1, 0.15) is 25.8 Å². The molecule has 1 atom stereocenters. The van der Waals surface area contributed by atoms with Crippen molar-refractivity contribution in [3.8, 4) is 11.1 Å². The van der Waals surface area contributed by atoms with Crippen molar-refractivity contribution in [1.29, 1.82) is 0 Å². The lowest BCUT2D eigenvalue weighted by Crippen LogP contribution is -2.29. The molecule has 1 fully saturated rings. The molecule has 6 nitrogen and oxygen atoms in total. The van der Waals surface area contributed by atoms with Gasteiger partial charge in [0, 0.05) is 69.0 Å². The minimum Gasteiger partial charge on any atom is -0.380 e. The highest BCUT2D eigenvalue weighted by molar-refractivity contribution is 5.95. The molecule has 6 heteroatoms. The number of rotatable bonds is 5. The maximum atomic E-state index is 11.7. The Bertz CT molecular complexity index is 1080. The number of carbonyl (C=O) groups excluding carboxylic acids is 1. The summed E-state index contributed by atoms with van der Waals surface area (Å²) in [6.07, 6.45) is 4.42. The molecule has 1 aliphatic heterocycles. The van der Waals surface area contributed by atoms with Crippen LogP contribution in [0.5, 0.6) is 0 Å². The van der Waals surface area contributed by atoms with Crippen LogP contribution in [-0.4, -0.2) is 53.5 Å². The number of likely N-dealkylation sites (tertiary alicyclic amines) is 1. The van der Waals surface area contributed by atoms with Gasteiger partial charge >= 0.3 is 0 Å². The van der Waals surface area contributed by atoms with E-state index in [1.54, 1.807) is 19.3 Å². The number of amides is 1. The smallest absolute Gasteiger partial charge is 0.219 e. The summed E-state index contributed by atoms with van der Waals surface area (Å²) < 4.78 is 0. The lowest BCUT2D eigenvalue weighted by molar-refractivity contribution is -0.127. The van der Waals surface area contributed by atoms with Crippen molar-refractivity contribution >= 4 is 28.3 Å². The molecule has 3 aromatic rings. The molecule has 0 bridgehead atoms. The van der Waals surface area contributed by atoms with Crippen molar-refractivity contribution < 1.29 is 4.79 Å². The van der Waals surface area contributed by atoms with Gasteiger partial charge in [-0.1, -0.05) is 12.1 Å². The van der Waals surface area contributed by atoms with E-state index in [-0.39, 0.29) is 11.9 Å². The van der Waals surface area contributed by atoms with E-state index in [4.69, 9.17) is 0 Å². The van der Waals surface area contributed by atoms with E-state index in [0.717, 1.165) is 53.9 Å². The van der Waals surface area contributed by atoms with Gasteiger partial charge in [0.25, 0.3) is 0 Å². The van der Waals surface area contributed by atoms with Crippen LogP contribution in [0.15, 0.2) is 42.7 Å². The van der Waals surface area contributed by atoms with E-state index >= 15 is 0 Å². The molecule has 156 valence electrons. The molecule has 30 heavy (non-hydrogen) atoms. The molecule has 0 unspecified atom stereocenters. The van der Waals surface area contributed by atoms with Gasteiger partial charge in [-0.25, -0.2) is 0 Å². The van der Waals surface area contributed by atoms with Crippen LogP contribution in [0.25, 0.3) is 22.2 Å². The first-order valence-corrected chi connectivity index (χ1v) is 10.5. The number of aromatic nitrogens is 2. The summed E-state index contributed by atoms with van der Waals surface area (Å²) in [5.74, 6) is 0.136. The van der Waals surface area contributed by atoms with Crippen LogP contribution < -0.4 is 10.2 Å². The molecule has 1 saturated heterocycles. The summed E-state index contributed by atoms with van der Waals surface area (Å²) in [5, 5.41) is 3.62. The Morgan fingerprint density at radius 2 is 2.03 bits per heavy atom. The topological polar surface area (TPSA) is 61.4 Å². The fourth-order valence-electron chi connectivity index (χ4n) is 4.14. The van der Waals surface area contributed by atoms with Crippen molar-refractivity contribution in [3.05, 3.63) is 48.3 Å². The third-order valence-electron chi connectivity index (χ3n) is 5.98. The van der Waals surface area contributed by atoms with Gasteiger partial charge in [-0.05, 0) is 49.6 Å². The number of nitrogens with zero attached hydrogens (tertiary/aromatic N) is 4. The second-order valence-electron chi connectivity index (χ2n) is 8.06. The van der Waals surface area contributed by atoms with Crippen molar-refractivity contribution in [2.24, 2.45) is 0 Å². The number of carbonyl (C=O) groups is 1. The van der Waals surface area contributed by atoms with E-state index in [1.807, 2.05) is 4.90 Å². The number of anilines is 2. The number of benzene rings is 2. The van der Waals surface area contributed by atoms with Gasteiger partial charge in [0.1, 0.15) is 0 Å². The maximum absolute atomic E-state index is 11.7. The number of hydrogen-bond acceptors (Lipinski definition) is 5. The Labute approximate surface area is 177 Å². The quantitative estimate of drug-likeness (QED) is 0.695. The number of fused-ring (bicyclic) bond motifs is 1. The zero-order valence-electron chi connectivity index (χ0n) is 18.1. The van der Waals surface area contributed by atoms with Crippen LogP contribution in [0, 0.1) is 6.92 Å². The number of nitrogens with one attached hydrogen (secondary N) is 1. The second-order valence-corrected chi connectivity index (χ2v) is 8.06. The van der Waals surface area contributed by atoms with Gasteiger partial charge < -0.3 is 15.1 Å². The fraction of sp³-hybridized carbons (Fsp3) is 0.375. The lowest BCUT2D eigenvalue weighted by Gasteiger charge is -2.21. The molecule has 1 aromatic heterocycles. The molecular formula is C24H29N5O. The van der Waals surface area contributed by atoms with E-state index in [9.17, 15) is 4.79 Å². The Morgan fingerprint density at radius 3 is 2.77 bits per heavy atom. The highest BCUT2D eigenvalue weighted by Crippen LogP contribution is 2.34. The normalized spacial score (nSPS) is 16.1. The molecule has 0 aliphatic carbocycles. The fourth-order valence-corrected chi connectivity index (χ4v) is 4.14. The SMILES string of the molecule is CCN(C)c1cc(-c2cc(N[C@H]3CCN(C(C)=O)C3)cc3nccnc23)ccc1C. The van der Waals surface area contributed by atoms with Crippen LogP contribution in [0.2, 0.25) is 0 Å². The summed E-state index contributed by atoms with van der Waals surface area (Å²) in [6.45, 7) is 8.41. The minimum atomic E-state index is 0.136. The molecule has 1 aliphatic rings. The molecule has 0 saturated carbocycles. The molecule has 1 N–H and O–H groups in total. The Morgan fingerprint density at radius 1 is 1.23 bits per heavy atom. The predicted molar refractivity (Wildman–Crippen MR) is 123 cm³/mol. The van der Waals surface area contributed by atoms with E-state index in [2.05, 4.69) is 71.4 Å². The molecule has 1 amide bonds. The zero-order valence-corrected chi connectivity index (χ0v) is 18.1. The van der Waals surface area contributed by atoms with Gasteiger partial charge in [-0.3, -0.25) is 14.8 Å². The number of hydrogen-bond donors (Lipinski definition) is 1. The second kappa shape index (κ2) is 8.30. The number of aryl methyl sites for hydroxylation is 1. The van der Waals surface area contributed by atoms with Gasteiger partial charge in [-0.15, -0.1) is 0 Å². The molecule has 0 radical (unpaired) electrons. The maximum Gasteiger partial charge on any atom is 0.219 e. The monoisotopic (exact) mass is 403 g/mol. The van der Waals surface area contributed by atoms with Crippen LogP contribution in [-0.2, 0) is 4.79 Å². The van der Waals surface area contributed by atoms with Crippen molar-refractivity contribution in [2.45, 2.75) is 33.2 Å². The first-order valence-electron chi connectivity index (χ1n) is 10.5. The van der Waals surface area contributed by atoms with Crippen molar-refractivity contribution in [1.82, 2.24) is 14.9 Å². The molecule has 2 aromatic carbocycles. The van der Waals surface area contributed by atoms with E-state index < -0.39 is 0 Å². The van der Waals surface area contributed by atoms with Crippen LogP contribution in [0.3, 0.4) is 0 Å². The first-order chi connectivity index (χ1) is 14.5. The predicted octanol–water partition coefficient (Wildman–Crippen LogP) is 4.09. The average Bonchev–Trinajstić information content (AvgIpc) is 3.22. The minimum absolute atomic E-state index is 0.136. The highest BCUT2D eigenvalue weighted by atomic mass is 16.2. The summed E-state index contributed by atoms with van der Waals surface area (Å²) >= 11 is 0. The van der Waals surface area contributed by atoms with Gasteiger partial charge in [-0.2, -0.15) is 0 Å².